The van der Waals surface area contributed by atoms with Gasteiger partial charge in [-0.2, -0.15) is 0 Å². The van der Waals surface area contributed by atoms with Gasteiger partial charge >= 0.3 is 6.03 Å². The summed E-state index contributed by atoms with van der Waals surface area (Å²) in [6.45, 7) is 4.13. The monoisotopic (exact) mass is 582 g/mol. The first-order chi connectivity index (χ1) is 16.2. The number of ether oxygens (including phenoxy) is 1. The van der Waals surface area contributed by atoms with Crippen LogP contribution in [0.25, 0.3) is 6.08 Å². The number of hydrogen-bond acceptors (Lipinski definition) is 4. The van der Waals surface area contributed by atoms with Gasteiger partial charge in [-0.25, -0.2) is 9.69 Å². The third-order valence-electron chi connectivity index (χ3n) is 5.17. The van der Waals surface area contributed by atoms with Gasteiger partial charge in [-0.15, -0.1) is 0 Å². The molecule has 1 heterocycles. The Morgan fingerprint density at radius 2 is 1.59 bits per heavy atom. The number of nitrogens with zero attached hydrogens (tertiary/aromatic N) is 1. The number of aryl methyl sites for hydroxylation is 2. The van der Waals surface area contributed by atoms with Crippen molar-refractivity contribution in [2.24, 2.45) is 0 Å². The second-order valence-corrected chi connectivity index (χ2v) is 9.67. The highest BCUT2D eigenvalue weighted by molar-refractivity contribution is 9.11. The molecule has 0 radical (unpaired) electrons. The van der Waals surface area contributed by atoms with Crippen molar-refractivity contribution in [1.29, 1.82) is 0 Å². The number of benzene rings is 3. The number of carbonyl (C=O) groups is 3. The van der Waals surface area contributed by atoms with E-state index in [-0.39, 0.29) is 5.57 Å². The fraction of sp³-hybridized carbons (Fsp3) is 0.115. The molecule has 0 unspecified atom stereocenters. The molecule has 1 N–H and O–H groups in total. The van der Waals surface area contributed by atoms with Crippen molar-refractivity contribution in [2.75, 3.05) is 4.90 Å². The first-order valence-corrected chi connectivity index (χ1v) is 12.0. The molecule has 0 bridgehead atoms. The van der Waals surface area contributed by atoms with E-state index in [9.17, 15) is 14.4 Å². The van der Waals surface area contributed by atoms with Gasteiger partial charge in [0.2, 0.25) is 0 Å². The number of anilines is 1. The van der Waals surface area contributed by atoms with Crippen molar-refractivity contribution < 1.29 is 19.1 Å². The lowest BCUT2D eigenvalue weighted by molar-refractivity contribution is -0.122. The normalized spacial score (nSPS) is 15.0. The first-order valence-electron chi connectivity index (χ1n) is 10.4. The molecule has 1 fully saturated rings. The highest BCUT2D eigenvalue weighted by Gasteiger charge is 2.36. The van der Waals surface area contributed by atoms with Gasteiger partial charge in [-0.3, -0.25) is 14.9 Å². The van der Waals surface area contributed by atoms with Crippen molar-refractivity contribution in [3.63, 3.8) is 0 Å². The Bertz CT molecular complexity index is 1310. The van der Waals surface area contributed by atoms with Crippen LogP contribution >= 0.6 is 31.9 Å². The average Bonchev–Trinajstić information content (AvgIpc) is 2.76. The van der Waals surface area contributed by atoms with Crippen LogP contribution in [0.2, 0.25) is 0 Å². The standard InChI is InChI=1S/C26H20Br2N2O4/c1-15-9-16(2)11-20(10-15)30-25(32)22(24(31)29-26(30)33)12-17-3-7-21(8-4-17)34-14-18-5-6-19(27)13-23(18)28/h3-13H,14H2,1-2H3,(H,29,31,33)/b22-12+. The molecule has 6 nitrogen and oxygen atoms in total. The van der Waals surface area contributed by atoms with Crippen LogP contribution in [0.5, 0.6) is 5.75 Å². The molecule has 0 aromatic heterocycles. The number of amides is 4. The zero-order valence-corrected chi connectivity index (χ0v) is 21.6. The summed E-state index contributed by atoms with van der Waals surface area (Å²) in [5.41, 5.74) is 3.74. The van der Waals surface area contributed by atoms with Gasteiger partial charge in [0.25, 0.3) is 11.8 Å². The van der Waals surface area contributed by atoms with E-state index < -0.39 is 17.8 Å². The van der Waals surface area contributed by atoms with E-state index >= 15 is 0 Å². The summed E-state index contributed by atoms with van der Waals surface area (Å²) in [5, 5.41) is 2.25. The molecular weight excluding hydrogens is 564 g/mol. The summed E-state index contributed by atoms with van der Waals surface area (Å²) in [6, 6.07) is 17.5. The number of nitrogens with one attached hydrogen (secondary N) is 1. The number of urea groups is 1. The zero-order chi connectivity index (χ0) is 24.4. The molecule has 4 amide bonds. The van der Waals surface area contributed by atoms with E-state index in [0.29, 0.717) is 23.6 Å². The Balaban J connectivity index is 1.53. The second kappa shape index (κ2) is 9.95. The fourth-order valence-corrected chi connectivity index (χ4v) is 4.76. The molecule has 0 aliphatic carbocycles. The van der Waals surface area contributed by atoms with Crippen LogP contribution in [-0.4, -0.2) is 17.8 Å². The van der Waals surface area contributed by atoms with Crippen molar-refractivity contribution in [3.05, 3.63) is 97.4 Å². The van der Waals surface area contributed by atoms with Gasteiger partial charge in [-0.1, -0.05) is 56.1 Å². The van der Waals surface area contributed by atoms with Gasteiger partial charge in [0.1, 0.15) is 17.9 Å². The molecule has 1 aliphatic rings. The smallest absolute Gasteiger partial charge is 0.335 e. The molecule has 3 aromatic rings. The first kappa shape index (κ1) is 23.9. The van der Waals surface area contributed by atoms with Crippen LogP contribution in [-0.2, 0) is 16.2 Å². The van der Waals surface area contributed by atoms with E-state index in [0.717, 1.165) is 30.5 Å². The number of hydrogen-bond donors (Lipinski definition) is 1. The van der Waals surface area contributed by atoms with E-state index in [4.69, 9.17) is 4.74 Å². The zero-order valence-electron chi connectivity index (χ0n) is 18.4. The predicted octanol–water partition coefficient (Wildman–Crippen LogP) is 6.07. The quantitative estimate of drug-likeness (QED) is 0.292. The summed E-state index contributed by atoms with van der Waals surface area (Å²) < 4.78 is 7.76. The molecule has 0 saturated carbocycles. The molecule has 1 aliphatic heterocycles. The summed E-state index contributed by atoms with van der Waals surface area (Å²) in [4.78, 5) is 39.0. The molecule has 1 saturated heterocycles. The Morgan fingerprint density at radius 3 is 2.24 bits per heavy atom. The van der Waals surface area contributed by atoms with Gasteiger partial charge in [0, 0.05) is 14.5 Å². The molecule has 0 spiro atoms. The van der Waals surface area contributed by atoms with Gasteiger partial charge in [0.15, 0.2) is 0 Å². The minimum atomic E-state index is -0.764. The lowest BCUT2D eigenvalue weighted by Gasteiger charge is -2.27. The van der Waals surface area contributed by atoms with Gasteiger partial charge < -0.3 is 4.74 Å². The van der Waals surface area contributed by atoms with Crippen LogP contribution < -0.4 is 15.0 Å². The SMILES string of the molecule is Cc1cc(C)cc(N2C(=O)NC(=O)/C(=C\c3ccc(OCc4ccc(Br)cc4Br)cc3)C2=O)c1. The lowest BCUT2D eigenvalue weighted by atomic mass is 10.1. The Labute approximate surface area is 213 Å². The van der Waals surface area contributed by atoms with Crippen LogP contribution in [0.4, 0.5) is 10.5 Å². The van der Waals surface area contributed by atoms with Crippen LogP contribution in [0.3, 0.4) is 0 Å². The molecule has 34 heavy (non-hydrogen) atoms. The van der Waals surface area contributed by atoms with E-state index in [1.54, 1.807) is 36.4 Å². The van der Waals surface area contributed by atoms with Crippen molar-refractivity contribution in [2.45, 2.75) is 20.5 Å². The van der Waals surface area contributed by atoms with E-state index in [1.807, 2.05) is 38.1 Å². The summed E-state index contributed by atoms with van der Waals surface area (Å²) in [7, 11) is 0. The topological polar surface area (TPSA) is 75.7 Å². The van der Waals surface area contributed by atoms with Gasteiger partial charge in [-0.05, 0) is 73.0 Å². The minimum Gasteiger partial charge on any atom is -0.489 e. The fourth-order valence-electron chi connectivity index (χ4n) is 3.60. The molecule has 3 aromatic carbocycles. The molecular formula is C26H20Br2N2O4. The maximum Gasteiger partial charge on any atom is 0.335 e. The summed E-state index contributed by atoms with van der Waals surface area (Å²) >= 11 is 6.94. The molecule has 0 atom stereocenters. The van der Waals surface area contributed by atoms with Crippen LogP contribution in [0.15, 0.2) is 75.2 Å². The lowest BCUT2D eigenvalue weighted by Crippen LogP contribution is -2.54. The second-order valence-electron chi connectivity index (χ2n) is 7.90. The van der Waals surface area contributed by atoms with Crippen molar-refractivity contribution >= 4 is 61.5 Å². The minimum absolute atomic E-state index is 0.119. The number of halogens is 2. The molecule has 172 valence electrons. The van der Waals surface area contributed by atoms with E-state index in [1.165, 1.54) is 6.08 Å². The van der Waals surface area contributed by atoms with Gasteiger partial charge in [0.05, 0.1) is 5.69 Å². The average molecular weight is 584 g/mol. The van der Waals surface area contributed by atoms with Crippen LogP contribution in [0.1, 0.15) is 22.3 Å². The predicted molar refractivity (Wildman–Crippen MR) is 138 cm³/mol. The number of imide groups is 2. The maximum atomic E-state index is 13.1. The Hall–Kier alpha value is -3.23. The molecule has 8 heteroatoms. The van der Waals surface area contributed by atoms with E-state index in [2.05, 4.69) is 37.2 Å². The Kier molecular flexibility index (Phi) is 7.00. The highest BCUT2D eigenvalue weighted by atomic mass is 79.9. The van der Waals surface area contributed by atoms with Crippen molar-refractivity contribution in [1.82, 2.24) is 5.32 Å². The molecule has 4 rings (SSSR count). The number of barbiturate groups is 1. The maximum absolute atomic E-state index is 13.1. The third kappa shape index (κ3) is 5.29. The number of rotatable bonds is 5. The Morgan fingerprint density at radius 1 is 0.912 bits per heavy atom. The van der Waals surface area contributed by atoms with Crippen molar-refractivity contribution in [3.8, 4) is 5.75 Å². The summed E-state index contributed by atoms with van der Waals surface area (Å²) in [5.74, 6) is -0.751. The summed E-state index contributed by atoms with van der Waals surface area (Å²) in [6.07, 6.45) is 1.47. The number of carbonyl (C=O) groups excluding carboxylic acids is 3. The largest absolute Gasteiger partial charge is 0.489 e. The third-order valence-corrected chi connectivity index (χ3v) is 6.40. The van der Waals surface area contributed by atoms with Crippen LogP contribution in [0, 0.1) is 13.8 Å². The highest BCUT2D eigenvalue weighted by Crippen LogP contribution is 2.26.